The number of aromatic nitrogens is 1. The van der Waals surface area contributed by atoms with Gasteiger partial charge in [0.15, 0.2) is 0 Å². The van der Waals surface area contributed by atoms with Crippen LogP contribution in [-0.4, -0.2) is 4.98 Å². The molecule has 21 heavy (non-hydrogen) atoms. The molecule has 5 heteroatoms. The Morgan fingerprint density at radius 1 is 1.00 bits per heavy atom. The maximum Gasteiger partial charge on any atom is 0.103 e. The summed E-state index contributed by atoms with van der Waals surface area (Å²) in [6.07, 6.45) is 0. The van der Waals surface area contributed by atoms with Crippen LogP contribution in [0.4, 0.5) is 0 Å². The molecule has 2 nitrogen and oxygen atoms in total. The molecule has 0 aliphatic carbocycles. The van der Waals surface area contributed by atoms with Crippen LogP contribution in [0.15, 0.2) is 58.5 Å². The number of hydrogen-bond donors (Lipinski definition) is 0. The third-order valence-corrected chi connectivity index (χ3v) is 4.57. The van der Waals surface area contributed by atoms with Crippen LogP contribution in [0.2, 0.25) is 10.0 Å². The Morgan fingerprint density at radius 3 is 2.57 bits per heavy atom. The van der Waals surface area contributed by atoms with E-state index in [-0.39, 0.29) is 0 Å². The fraction of sp³-hybridized carbons (Fsp3) is 0. The topological polar surface area (TPSA) is 36.7 Å². The molecule has 0 unspecified atom stereocenters. The summed E-state index contributed by atoms with van der Waals surface area (Å²) in [4.78, 5) is 5.49. The van der Waals surface area contributed by atoms with Gasteiger partial charge in [0.1, 0.15) is 5.03 Å². The standard InChI is InChI=1S/C16H8Cl2N2S/c17-13-6-5-11(8-14(13)18)21-16-7-10(9-19)12-3-1-2-4-15(12)20-16/h1-8H. The lowest BCUT2D eigenvalue weighted by molar-refractivity contribution is 1.18. The second-order valence-corrected chi connectivity index (χ2v) is 6.22. The van der Waals surface area contributed by atoms with Crippen molar-refractivity contribution in [2.45, 2.75) is 9.92 Å². The van der Waals surface area contributed by atoms with Crippen molar-refractivity contribution in [2.24, 2.45) is 0 Å². The van der Waals surface area contributed by atoms with Crippen LogP contribution in [0, 0.1) is 11.3 Å². The number of rotatable bonds is 2. The van der Waals surface area contributed by atoms with Crippen LogP contribution >= 0.6 is 35.0 Å². The Kier molecular flexibility index (Phi) is 4.03. The second-order valence-electron chi connectivity index (χ2n) is 4.31. The summed E-state index contributed by atoms with van der Waals surface area (Å²) in [6.45, 7) is 0. The molecule has 0 aliphatic heterocycles. The monoisotopic (exact) mass is 330 g/mol. The van der Waals surface area contributed by atoms with Gasteiger partial charge in [-0.15, -0.1) is 0 Å². The van der Waals surface area contributed by atoms with Gasteiger partial charge in [-0.05, 0) is 30.3 Å². The van der Waals surface area contributed by atoms with E-state index in [0.717, 1.165) is 20.8 Å². The molecule has 0 N–H and O–H groups in total. The van der Waals surface area contributed by atoms with Gasteiger partial charge < -0.3 is 0 Å². The molecule has 0 saturated carbocycles. The Morgan fingerprint density at radius 2 is 1.81 bits per heavy atom. The second kappa shape index (κ2) is 5.95. The highest BCUT2D eigenvalue weighted by Crippen LogP contribution is 2.33. The zero-order valence-electron chi connectivity index (χ0n) is 10.7. The predicted molar refractivity (Wildman–Crippen MR) is 87.0 cm³/mol. The van der Waals surface area contributed by atoms with E-state index < -0.39 is 0 Å². The van der Waals surface area contributed by atoms with E-state index in [1.54, 1.807) is 18.2 Å². The van der Waals surface area contributed by atoms with Crippen molar-refractivity contribution in [3.05, 3.63) is 64.1 Å². The first-order chi connectivity index (χ1) is 10.2. The predicted octanol–water partition coefficient (Wildman–Crippen LogP) is 5.56. The van der Waals surface area contributed by atoms with Crippen molar-refractivity contribution in [1.82, 2.24) is 4.98 Å². The molecule has 0 radical (unpaired) electrons. The van der Waals surface area contributed by atoms with Crippen LogP contribution < -0.4 is 0 Å². The number of para-hydroxylation sites is 1. The minimum atomic E-state index is 0.503. The SMILES string of the molecule is N#Cc1cc(Sc2ccc(Cl)c(Cl)c2)nc2ccccc12. The van der Waals surface area contributed by atoms with E-state index in [9.17, 15) is 5.26 Å². The molecule has 1 heterocycles. The molecule has 3 aromatic rings. The first kappa shape index (κ1) is 14.2. The minimum absolute atomic E-state index is 0.503. The first-order valence-electron chi connectivity index (χ1n) is 6.10. The van der Waals surface area contributed by atoms with Crippen LogP contribution in [-0.2, 0) is 0 Å². The maximum atomic E-state index is 9.28. The molecular weight excluding hydrogens is 323 g/mol. The van der Waals surface area contributed by atoms with Gasteiger partial charge in [0, 0.05) is 10.3 Å². The third-order valence-electron chi connectivity index (χ3n) is 2.93. The smallest absolute Gasteiger partial charge is 0.103 e. The van der Waals surface area contributed by atoms with Crippen LogP contribution in [0.5, 0.6) is 0 Å². The fourth-order valence-corrected chi connectivity index (χ4v) is 3.19. The average Bonchev–Trinajstić information content (AvgIpc) is 2.50. The summed E-state index contributed by atoms with van der Waals surface area (Å²) in [5, 5.41) is 11.9. The maximum absolute atomic E-state index is 9.28. The molecule has 0 saturated heterocycles. The molecule has 0 bridgehead atoms. The summed E-state index contributed by atoms with van der Waals surface area (Å²) in [5.74, 6) is 0. The van der Waals surface area contributed by atoms with E-state index in [1.807, 2.05) is 30.3 Å². The molecule has 0 amide bonds. The fourth-order valence-electron chi connectivity index (χ4n) is 1.96. The lowest BCUT2D eigenvalue weighted by Gasteiger charge is -2.06. The normalized spacial score (nSPS) is 10.5. The van der Waals surface area contributed by atoms with Crippen molar-refractivity contribution < 1.29 is 0 Å². The number of nitrogens with zero attached hydrogens (tertiary/aromatic N) is 2. The first-order valence-corrected chi connectivity index (χ1v) is 7.67. The third kappa shape index (κ3) is 2.98. The van der Waals surface area contributed by atoms with Crippen molar-refractivity contribution in [3.63, 3.8) is 0 Å². The number of pyridine rings is 1. The number of halogens is 2. The molecule has 3 rings (SSSR count). The van der Waals surface area contributed by atoms with E-state index in [2.05, 4.69) is 11.1 Å². The molecule has 2 aromatic carbocycles. The molecule has 1 aromatic heterocycles. The largest absolute Gasteiger partial charge is 0.241 e. The Labute approximate surface area is 136 Å². The highest BCUT2D eigenvalue weighted by Gasteiger charge is 2.07. The summed E-state index contributed by atoms with van der Waals surface area (Å²) < 4.78 is 0. The van der Waals surface area contributed by atoms with Gasteiger partial charge in [-0.3, -0.25) is 0 Å². The molecular formula is C16H8Cl2N2S. The average molecular weight is 331 g/mol. The van der Waals surface area contributed by atoms with E-state index in [4.69, 9.17) is 23.2 Å². The van der Waals surface area contributed by atoms with Gasteiger partial charge in [0.2, 0.25) is 0 Å². The lowest BCUT2D eigenvalue weighted by atomic mass is 10.1. The van der Waals surface area contributed by atoms with Crippen molar-refractivity contribution >= 4 is 45.9 Å². The highest BCUT2D eigenvalue weighted by molar-refractivity contribution is 7.99. The number of nitriles is 1. The number of hydrogen-bond acceptors (Lipinski definition) is 3. The molecule has 0 spiro atoms. The Bertz CT molecular complexity index is 872. The summed E-state index contributed by atoms with van der Waals surface area (Å²) in [5.41, 5.74) is 1.42. The van der Waals surface area contributed by atoms with Crippen LogP contribution in [0.25, 0.3) is 10.9 Å². The zero-order chi connectivity index (χ0) is 14.8. The van der Waals surface area contributed by atoms with Gasteiger partial charge in [0.05, 0.1) is 27.2 Å². The highest BCUT2D eigenvalue weighted by atomic mass is 35.5. The molecule has 0 fully saturated rings. The van der Waals surface area contributed by atoms with Crippen molar-refractivity contribution in [2.75, 3.05) is 0 Å². The molecule has 102 valence electrons. The lowest BCUT2D eigenvalue weighted by Crippen LogP contribution is -1.87. The van der Waals surface area contributed by atoms with Gasteiger partial charge in [-0.2, -0.15) is 5.26 Å². The van der Waals surface area contributed by atoms with Crippen LogP contribution in [0.3, 0.4) is 0 Å². The zero-order valence-corrected chi connectivity index (χ0v) is 13.0. The van der Waals surface area contributed by atoms with Gasteiger partial charge in [-0.25, -0.2) is 4.98 Å². The van der Waals surface area contributed by atoms with Gasteiger partial charge >= 0.3 is 0 Å². The Hall–Kier alpha value is -1.73. The van der Waals surface area contributed by atoms with E-state index in [0.29, 0.717) is 15.6 Å². The minimum Gasteiger partial charge on any atom is -0.241 e. The summed E-state index contributed by atoms with van der Waals surface area (Å²) >= 11 is 13.4. The Balaban J connectivity index is 2.04. The van der Waals surface area contributed by atoms with Crippen molar-refractivity contribution in [1.29, 1.82) is 5.26 Å². The van der Waals surface area contributed by atoms with E-state index in [1.165, 1.54) is 11.8 Å². The number of fused-ring (bicyclic) bond motifs is 1. The number of benzene rings is 2. The van der Waals surface area contributed by atoms with Gasteiger partial charge in [0.25, 0.3) is 0 Å². The van der Waals surface area contributed by atoms with Crippen molar-refractivity contribution in [3.8, 4) is 6.07 Å². The van der Waals surface area contributed by atoms with Gasteiger partial charge in [-0.1, -0.05) is 53.2 Å². The molecule has 0 aliphatic rings. The quantitative estimate of drug-likeness (QED) is 0.616. The van der Waals surface area contributed by atoms with E-state index >= 15 is 0 Å². The molecule has 0 atom stereocenters. The van der Waals surface area contributed by atoms with Crippen LogP contribution in [0.1, 0.15) is 5.56 Å². The summed E-state index contributed by atoms with van der Waals surface area (Å²) in [7, 11) is 0. The summed E-state index contributed by atoms with van der Waals surface area (Å²) in [6, 6.07) is 17.0.